The van der Waals surface area contributed by atoms with E-state index in [1.54, 1.807) is 0 Å². The van der Waals surface area contributed by atoms with Crippen LogP contribution in [0.5, 0.6) is 5.75 Å². The fourth-order valence-electron chi connectivity index (χ4n) is 3.79. The van der Waals surface area contributed by atoms with Crippen LogP contribution in [-0.2, 0) is 6.54 Å². The highest BCUT2D eigenvalue weighted by molar-refractivity contribution is 5.36. The number of hydrogen-bond acceptors (Lipinski definition) is 2. The normalized spacial score (nSPS) is 29.8. The van der Waals surface area contributed by atoms with Crippen LogP contribution in [0.4, 0.5) is 0 Å². The molecule has 3 rings (SSSR count). The third kappa shape index (κ3) is 2.26. The number of fused-ring (bicyclic) bond motifs is 2. The Balaban J connectivity index is 1.63. The number of rotatable bonds is 4. The highest BCUT2D eigenvalue weighted by atomic mass is 16.5. The molecule has 2 nitrogen and oxygen atoms in total. The number of nitrogens with two attached hydrogens (primary N) is 1. The number of ether oxygens (including phenoxy) is 1. The lowest BCUT2D eigenvalue weighted by Gasteiger charge is -2.22. The first kappa shape index (κ1) is 12.0. The summed E-state index contributed by atoms with van der Waals surface area (Å²) in [7, 11) is 0. The van der Waals surface area contributed by atoms with Gasteiger partial charge < -0.3 is 10.5 Å². The third-order valence-corrected chi connectivity index (χ3v) is 4.77. The van der Waals surface area contributed by atoms with Gasteiger partial charge >= 0.3 is 0 Å². The smallest absolute Gasteiger partial charge is 0.123 e. The molecule has 0 radical (unpaired) electrons. The zero-order valence-corrected chi connectivity index (χ0v) is 11.2. The number of hydrogen-bond donors (Lipinski definition) is 1. The van der Waals surface area contributed by atoms with E-state index in [2.05, 4.69) is 25.1 Å². The maximum Gasteiger partial charge on any atom is 0.123 e. The minimum absolute atomic E-state index is 0.563. The largest absolute Gasteiger partial charge is 0.493 e. The van der Waals surface area contributed by atoms with Gasteiger partial charge in [0.05, 0.1) is 6.61 Å². The van der Waals surface area contributed by atoms with E-state index in [1.807, 2.05) is 0 Å². The Morgan fingerprint density at radius 1 is 1.28 bits per heavy atom. The van der Waals surface area contributed by atoms with Crippen molar-refractivity contribution in [3.8, 4) is 5.75 Å². The lowest BCUT2D eigenvalue weighted by Crippen LogP contribution is -2.19. The van der Waals surface area contributed by atoms with Gasteiger partial charge in [-0.3, -0.25) is 0 Å². The molecule has 1 aromatic rings. The molecule has 2 aliphatic carbocycles. The second-order valence-corrected chi connectivity index (χ2v) is 6.06. The maximum atomic E-state index is 6.04. The molecule has 2 N–H and O–H groups in total. The Kier molecular flexibility index (Phi) is 3.29. The summed E-state index contributed by atoms with van der Waals surface area (Å²) in [6.45, 7) is 3.55. The molecule has 2 aliphatic rings. The van der Waals surface area contributed by atoms with Crippen molar-refractivity contribution in [1.29, 1.82) is 0 Å². The van der Waals surface area contributed by atoms with E-state index < -0.39 is 0 Å². The van der Waals surface area contributed by atoms with E-state index in [1.165, 1.54) is 31.2 Å². The van der Waals surface area contributed by atoms with Gasteiger partial charge in [0, 0.05) is 12.1 Å². The van der Waals surface area contributed by atoms with Gasteiger partial charge in [-0.1, -0.05) is 24.1 Å². The third-order valence-electron chi connectivity index (χ3n) is 4.77. The van der Waals surface area contributed by atoms with Crippen molar-refractivity contribution in [1.82, 2.24) is 0 Å². The van der Waals surface area contributed by atoms with Gasteiger partial charge in [-0.2, -0.15) is 0 Å². The molecule has 2 heteroatoms. The van der Waals surface area contributed by atoms with Gasteiger partial charge in [0.25, 0.3) is 0 Å². The Hall–Kier alpha value is -1.02. The molecule has 0 amide bonds. The molecule has 0 spiro atoms. The van der Waals surface area contributed by atoms with Crippen LogP contribution in [0.1, 0.15) is 36.8 Å². The summed E-state index contributed by atoms with van der Waals surface area (Å²) in [5.41, 5.74) is 8.17. The molecule has 0 heterocycles. The monoisotopic (exact) mass is 245 g/mol. The molecule has 3 unspecified atom stereocenters. The van der Waals surface area contributed by atoms with Crippen LogP contribution in [0.15, 0.2) is 18.2 Å². The Morgan fingerprint density at radius 3 is 2.83 bits per heavy atom. The summed E-state index contributed by atoms with van der Waals surface area (Å²) < 4.78 is 6.04. The van der Waals surface area contributed by atoms with Crippen LogP contribution in [0.2, 0.25) is 0 Å². The number of aryl methyl sites for hydroxylation is 1. The predicted molar refractivity (Wildman–Crippen MR) is 73.5 cm³/mol. The molecule has 18 heavy (non-hydrogen) atoms. The average Bonchev–Trinajstić information content (AvgIpc) is 2.99. The van der Waals surface area contributed by atoms with E-state index in [-0.39, 0.29) is 0 Å². The highest BCUT2D eigenvalue weighted by Gasteiger charge is 2.39. The van der Waals surface area contributed by atoms with Gasteiger partial charge in [-0.05, 0) is 50.0 Å². The standard InChI is InChI=1S/C16H23NO/c1-11-2-5-16(14(6-11)9-17)18-10-15-8-12-3-4-13(15)7-12/h2,5-6,12-13,15H,3-4,7-10,17H2,1H3. The Labute approximate surface area is 110 Å². The number of benzene rings is 1. The summed E-state index contributed by atoms with van der Waals surface area (Å²) in [4.78, 5) is 0. The van der Waals surface area contributed by atoms with E-state index in [4.69, 9.17) is 10.5 Å². The molecule has 0 saturated heterocycles. The molecule has 2 bridgehead atoms. The van der Waals surface area contributed by atoms with Crippen molar-refractivity contribution in [2.45, 2.75) is 39.2 Å². The minimum atomic E-state index is 0.563. The highest BCUT2D eigenvalue weighted by Crippen LogP contribution is 2.48. The lowest BCUT2D eigenvalue weighted by molar-refractivity contribution is 0.194. The van der Waals surface area contributed by atoms with Crippen LogP contribution >= 0.6 is 0 Å². The van der Waals surface area contributed by atoms with Crippen molar-refractivity contribution >= 4 is 0 Å². The topological polar surface area (TPSA) is 35.2 Å². The fraction of sp³-hybridized carbons (Fsp3) is 0.625. The van der Waals surface area contributed by atoms with Crippen molar-refractivity contribution in [3.63, 3.8) is 0 Å². The van der Waals surface area contributed by atoms with Gasteiger partial charge in [0.15, 0.2) is 0 Å². The van der Waals surface area contributed by atoms with E-state index in [9.17, 15) is 0 Å². The maximum absolute atomic E-state index is 6.04. The van der Waals surface area contributed by atoms with Crippen molar-refractivity contribution < 1.29 is 4.74 Å². The summed E-state index contributed by atoms with van der Waals surface area (Å²) in [6, 6.07) is 6.32. The van der Waals surface area contributed by atoms with E-state index in [0.29, 0.717) is 6.54 Å². The van der Waals surface area contributed by atoms with Gasteiger partial charge in [-0.25, -0.2) is 0 Å². The molecule has 3 atom stereocenters. The van der Waals surface area contributed by atoms with Crippen LogP contribution in [-0.4, -0.2) is 6.61 Å². The molecule has 2 fully saturated rings. The molecule has 0 aliphatic heterocycles. The van der Waals surface area contributed by atoms with Crippen LogP contribution < -0.4 is 10.5 Å². The van der Waals surface area contributed by atoms with Crippen molar-refractivity contribution in [2.24, 2.45) is 23.5 Å². The lowest BCUT2D eigenvalue weighted by atomic mass is 9.89. The first-order chi connectivity index (χ1) is 8.76. The summed E-state index contributed by atoms with van der Waals surface area (Å²) in [5.74, 6) is 3.71. The Bertz CT molecular complexity index is 429. The minimum Gasteiger partial charge on any atom is -0.493 e. The SMILES string of the molecule is Cc1ccc(OCC2CC3CCC2C3)c(CN)c1. The second kappa shape index (κ2) is 4.93. The summed E-state index contributed by atoms with van der Waals surface area (Å²) >= 11 is 0. The van der Waals surface area contributed by atoms with Gasteiger partial charge in [0.2, 0.25) is 0 Å². The average molecular weight is 245 g/mol. The van der Waals surface area contributed by atoms with Crippen molar-refractivity contribution in [2.75, 3.05) is 6.61 Å². The first-order valence-electron chi connectivity index (χ1n) is 7.18. The summed E-state index contributed by atoms with van der Waals surface area (Å²) in [5, 5.41) is 0. The van der Waals surface area contributed by atoms with E-state index >= 15 is 0 Å². The molecular weight excluding hydrogens is 222 g/mol. The van der Waals surface area contributed by atoms with Crippen LogP contribution in [0.25, 0.3) is 0 Å². The zero-order chi connectivity index (χ0) is 12.5. The summed E-state index contributed by atoms with van der Waals surface area (Å²) in [6.07, 6.45) is 5.72. The molecular formula is C16H23NO. The molecule has 2 saturated carbocycles. The van der Waals surface area contributed by atoms with Gasteiger partial charge in [-0.15, -0.1) is 0 Å². The van der Waals surface area contributed by atoms with Crippen LogP contribution in [0.3, 0.4) is 0 Å². The zero-order valence-electron chi connectivity index (χ0n) is 11.2. The van der Waals surface area contributed by atoms with Gasteiger partial charge in [0.1, 0.15) is 5.75 Å². The quantitative estimate of drug-likeness (QED) is 0.883. The van der Waals surface area contributed by atoms with Crippen LogP contribution in [0, 0.1) is 24.7 Å². The van der Waals surface area contributed by atoms with E-state index in [0.717, 1.165) is 35.7 Å². The van der Waals surface area contributed by atoms with Crippen molar-refractivity contribution in [3.05, 3.63) is 29.3 Å². The predicted octanol–water partition coefficient (Wildman–Crippen LogP) is 3.27. The molecule has 98 valence electrons. The molecule has 0 aromatic heterocycles. The first-order valence-corrected chi connectivity index (χ1v) is 7.18. The fourth-order valence-corrected chi connectivity index (χ4v) is 3.79. The Morgan fingerprint density at radius 2 is 2.17 bits per heavy atom. The molecule has 1 aromatic carbocycles. The second-order valence-electron chi connectivity index (χ2n) is 6.06.